The van der Waals surface area contributed by atoms with E-state index in [0.29, 0.717) is 17.9 Å². The van der Waals surface area contributed by atoms with E-state index in [9.17, 15) is 4.79 Å². The number of aromatic nitrogens is 1. The summed E-state index contributed by atoms with van der Waals surface area (Å²) in [4.78, 5) is 19.4. The van der Waals surface area contributed by atoms with Gasteiger partial charge in [0.25, 0.3) is 5.91 Å². The number of carbonyl (C=O) groups is 1. The van der Waals surface area contributed by atoms with Gasteiger partial charge in [0.05, 0.1) is 6.54 Å². The van der Waals surface area contributed by atoms with Gasteiger partial charge in [-0.2, -0.15) is 0 Å². The zero-order valence-electron chi connectivity index (χ0n) is 11.1. The molecule has 0 atom stereocenters. The Bertz CT molecular complexity index is 566. The third-order valence-corrected chi connectivity index (χ3v) is 3.69. The highest BCUT2D eigenvalue weighted by atomic mass is 32.1. The molecule has 2 heterocycles. The Morgan fingerprint density at radius 3 is 2.89 bits per heavy atom. The van der Waals surface area contributed by atoms with Crippen molar-refractivity contribution in [2.24, 2.45) is 0 Å². The first kappa shape index (κ1) is 13.5. The predicted octanol–water partition coefficient (Wildman–Crippen LogP) is 2.56. The van der Waals surface area contributed by atoms with Crippen LogP contribution in [0.2, 0.25) is 0 Å². The van der Waals surface area contributed by atoms with Crippen LogP contribution in [0.3, 0.4) is 0 Å². The van der Waals surface area contributed by atoms with Gasteiger partial charge in [-0.3, -0.25) is 4.79 Å². The second-order valence-electron chi connectivity index (χ2n) is 4.37. The maximum Gasteiger partial charge on any atom is 0.254 e. The van der Waals surface area contributed by atoms with Crippen LogP contribution in [0.15, 0.2) is 29.6 Å². The van der Waals surface area contributed by atoms with Gasteiger partial charge in [0.1, 0.15) is 5.82 Å². The van der Waals surface area contributed by atoms with Crippen LogP contribution in [0, 0.1) is 0 Å². The Balaban J connectivity index is 2.16. The Hall–Kier alpha value is -1.88. The third-order valence-electron chi connectivity index (χ3n) is 2.83. The van der Waals surface area contributed by atoms with E-state index in [4.69, 9.17) is 5.73 Å². The standard InChI is InChI=1S/C14H17N3OS/c1-3-11-7-10(8-13(15)16-11)14(18)17(2)9-12-5-4-6-19-12/h4-8H,3,9H2,1-2H3,(H2,15,16). The molecule has 4 nitrogen and oxygen atoms in total. The highest BCUT2D eigenvalue weighted by molar-refractivity contribution is 7.09. The van der Waals surface area contributed by atoms with Gasteiger partial charge in [-0.25, -0.2) is 4.98 Å². The largest absolute Gasteiger partial charge is 0.384 e. The highest BCUT2D eigenvalue weighted by Crippen LogP contribution is 2.15. The van der Waals surface area contributed by atoms with Crippen LogP contribution in [0.5, 0.6) is 0 Å². The number of pyridine rings is 1. The van der Waals surface area contributed by atoms with Crippen molar-refractivity contribution >= 4 is 23.1 Å². The molecule has 2 N–H and O–H groups in total. The molecule has 0 saturated carbocycles. The molecule has 0 unspecified atom stereocenters. The predicted molar refractivity (Wildman–Crippen MR) is 78.1 cm³/mol. The summed E-state index contributed by atoms with van der Waals surface area (Å²) in [5.74, 6) is 0.365. The molecule has 0 aliphatic heterocycles. The molecule has 5 heteroatoms. The van der Waals surface area contributed by atoms with Crippen LogP contribution in [0.4, 0.5) is 5.82 Å². The summed E-state index contributed by atoms with van der Waals surface area (Å²) >= 11 is 1.64. The smallest absolute Gasteiger partial charge is 0.254 e. The molecule has 2 rings (SSSR count). The van der Waals surface area contributed by atoms with E-state index in [1.807, 2.05) is 30.5 Å². The third kappa shape index (κ3) is 3.32. The number of anilines is 1. The molecular formula is C14H17N3OS. The molecule has 0 saturated heterocycles. The normalized spacial score (nSPS) is 10.4. The lowest BCUT2D eigenvalue weighted by atomic mass is 10.1. The number of carbonyl (C=O) groups excluding carboxylic acids is 1. The number of hydrogen-bond donors (Lipinski definition) is 1. The van der Waals surface area contributed by atoms with Crippen molar-refractivity contribution in [3.8, 4) is 0 Å². The lowest BCUT2D eigenvalue weighted by Gasteiger charge is -2.16. The molecule has 0 aliphatic rings. The Morgan fingerprint density at radius 1 is 1.47 bits per heavy atom. The van der Waals surface area contributed by atoms with Crippen molar-refractivity contribution in [3.05, 3.63) is 45.8 Å². The van der Waals surface area contributed by atoms with Crippen molar-refractivity contribution in [1.29, 1.82) is 0 Å². The summed E-state index contributed by atoms with van der Waals surface area (Å²) in [6.45, 7) is 2.60. The SMILES string of the molecule is CCc1cc(C(=O)N(C)Cc2cccs2)cc(N)n1. The van der Waals surface area contributed by atoms with Gasteiger partial charge in [-0.1, -0.05) is 13.0 Å². The van der Waals surface area contributed by atoms with E-state index in [0.717, 1.165) is 17.0 Å². The average molecular weight is 275 g/mol. The fourth-order valence-corrected chi connectivity index (χ4v) is 2.60. The number of rotatable bonds is 4. The van der Waals surface area contributed by atoms with Crippen LogP contribution in [-0.4, -0.2) is 22.8 Å². The van der Waals surface area contributed by atoms with Crippen molar-refractivity contribution in [3.63, 3.8) is 0 Å². The van der Waals surface area contributed by atoms with Crippen molar-refractivity contribution in [2.45, 2.75) is 19.9 Å². The molecule has 2 aromatic rings. The summed E-state index contributed by atoms with van der Waals surface area (Å²) in [6, 6.07) is 7.45. The van der Waals surface area contributed by atoms with E-state index >= 15 is 0 Å². The molecule has 0 radical (unpaired) electrons. The summed E-state index contributed by atoms with van der Waals surface area (Å²) in [5.41, 5.74) is 7.17. The average Bonchev–Trinajstić information content (AvgIpc) is 2.89. The Labute approximate surface area is 116 Å². The number of nitrogens with two attached hydrogens (primary N) is 1. The fourth-order valence-electron chi connectivity index (χ4n) is 1.84. The van der Waals surface area contributed by atoms with Crippen LogP contribution < -0.4 is 5.73 Å². The van der Waals surface area contributed by atoms with Gasteiger partial charge in [-0.05, 0) is 30.0 Å². The topological polar surface area (TPSA) is 59.2 Å². The van der Waals surface area contributed by atoms with Gasteiger partial charge in [-0.15, -0.1) is 11.3 Å². The molecule has 2 aromatic heterocycles. The van der Waals surface area contributed by atoms with E-state index in [1.54, 1.807) is 29.4 Å². The monoisotopic (exact) mass is 275 g/mol. The van der Waals surface area contributed by atoms with Crippen LogP contribution in [0.25, 0.3) is 0 Å². The summed E-state index contributed by atoms with van der Waals surface area (Å²) in [7, 11) is 1.80. The zero-order chi connectivity index (χ0) is 13.8. The van der Waals surface area contributed by atoms with Gasteiger partial charge in [0, 0.05) is 23.2 Å². The number of nitrogens with zero attached hydrogens (tertiary/aromatic N) is 2. The minimum atomic E-state index is -0.0304. The molecule has 1 amide bonds. The van der Waals surface area contributed by atoms with Crippen molar-refractivity contribution in [1.82, 2.24) is 9.88 Å². The molecule has 0 spiro atoms. The molecule has 0 aromatic carbocycles. The number of aryl methyl sites for hydroxylation is 1. The van der Waals surface area contributed by atoms with Crippen LogP contribution in [0.1, 0.15) is 27.9 Å². The molecule has 0 bridgehead atoms. The Morgan fingerprint density at radius 2 is 2.26 bits per heavy atom. The maximum atomic E-state index is 12.3. The van der Waals surface area contributed by atoms with E-state index in [2.05, 4.69) is 4.98 Å². The summed E-state index contributed by atoms with van der Waals surface area (Å²) in [5, 5.41) is 2.01. The summed E-state index contributed by atoms with van der Waals surface area (Å²) in [6.07, 6.45) is 0.764. The maximum absolute atomic E-state index is 12.3. The molecular weight excluding hydrogens is 258 g/mol. The zero-order valence-corrected chi connectivity index (χ0v) is 11.9. The number of hydrogen-bond acceptors (Lipinski definition) is 4. The van der Waals surface area contributed by atoms with E-state index in [-0.39, 0.29) is 5.91 Å². The van der Waals surface area contributed by atoms with Crippen LogP contribution >= 0.6 is 11.3 Å². The highest BCUT2D eigenvalue weighted by Gasteiger charge is 2.14. The van der Waals surface area contributed by atoms with Crippen LogP contribution in [-0.2, 0) is 13.0 Å². The number of thiophene rings is 1. The number of nitrogen functional groups attached to an aromatic ring is 1. The lowest BCUT2D eigenvalue weighted by Crippen LogP contribution is -2.26. The van der Waals surface area contributed by atoms with Gasteiger partial charge < -0.3 is 10.6 Å². The molecule has 100 valence electrons. The molecule has 19 heavy (non-hydrogen) atoms. The first-order valence-electron chi connectivity index (χ1n) is 6.14. The second-order valence-corrected chi connectivity index (χ2v) is 5.40. The first-order chi connectivity index (χ1) is 9.10. The lowest BCUT2D eigenvalue weighted by molar-refractivity contribution is 0.0786. The van der Waals surface area contributed by atoms with Crippen molar-refractivity contribution < 1.29 is 4.79 Å². The quantitative estimate of drug-likeness (QED) is 0.933. The summed E-state index contributed by atoms with van der Waals surface area (Å²) < 4.78 is 0. The minimum absolute atomic E-state index is 0.0304. The minimum Gasteiger partial charge on any atom is -0.384 e. The fraction of sp³-hybridized carbons (Fsp3) is 0.286. The number of amides is 1. The van der Waals surface area contributed by atoms with Crippen molar-refractivity contribution in [2.75, 3.05) is 12.8 Å². The molecule has 0 aliphatic carbocycles. The second kappa shape index (κ2) is 5.84. The Kier molecular flexibility index (Phi) is 4.16. The van der Waals surface area contributed by atoms with E-state index in [1.165, 1.54) is 0 Å². The van der Waals surface area contributed by atoms with Gasteiger partial charge in [0.2, 0.25) is 0 Å². The molecule has 0 fully saturated rings. The van der Waals surface area contributed by atoms with Gasteiger partial charge in [0.15, 0.2) is 0 Å². The van der Waals surface area contributed by atoms with Gasteiger partial charge >= 0.3 is 0 Å². The first-order valence-corrected chi connectivity index (χ1v) is 7.02. The van der Waals surface area contributed by atoms with E-state index < -0.39 is 0 Å².